The minimum atomic E-state index is -1.82. The van der Waals surface area contributed by atoms with Crippen LogP contribution in [0.25, 0.3) is 0 Å². The molecule has 6 heteroatoms. The number of rotatable bonds is 5. The van der Waals surface area contributed by atoms with Crippen LogP contribution < -0.4 is 0 Å². The summed E-state index contributed by atoms with van der Waals surface area (Å²) in [5.41, 5.74) is 0. The molecule has 0 rings (SSSR count). The van der Waals surface area contributed by atoms with Crippen molar-refractivity contribution in [2.24, 2.45) is 5.16 Å². The zero-order valence-corrected chi connectivity index (χ0v) is 7.16. The molecule has 62 valence electrons. The van der Waals surface area contributed by atoms with Gasteiger partial charge < -0.3 is 9.36 Å². The van der Waals surface area contributed by atoms with Crippen LogP contribution in [-0.4, -0.2) is 55.7 Å². The number of hydrogen-bond donors (Lipinski definition) is 0. The molecular formula is C5H13NNaO3P. The fourth-order valence-electron chi connectivity index (χ4n) is 0.312. The third kappa shape index (κ3) is 13.6. The van der Waals surface area contributed by atoms with E-state index >= 15 is 0 Å². The van der Waals surface area contributed by atoms with Crippen LogP contribution in [0.15, 0.2) is 5.16 Å². The van der Waals surface area contributed by atoms with E-state index in [9.17, 15) is 4.57 Å². The van der Waals surface area contributed by atoms with Crippen molar-refractivity contribution >= 4 is 43.8 Å². The van der Waals surface area contributed by atoms with Gasteiger partial charge in [-0.1, -0.05) is 5.16 Å². The second-order valence-corrected chi connectivity index (χ2v) is 2.78. The van der Waals surface area contributed by atoms with Crippen molar-refractivity contribution in [3.8, 4) is 0 Å². The molecule has 0 heterocycles. The molecule has 0 spiro atoms. The summed E-state index contributed by atoms with van der Waals surface area (Å²) in [6.07, 6.45) is 1.44. The first kappa shape index (κ1) is 14.2. The minimum absolute atomic E-state index is 0. The van der Waals surface area contributed by atoms with Crippen molar-refractivity contribution in [1.29, 1.82) is 0 Å². The monoisotopic (exact) mass is 189 g/mol. The van der Waals surface area contributed by atoms with E-state index in [4.69, 9.17) is 4.52 Å². The molecule has 0 aromatic carbocycles. The van der Waals surface area contributed by atoms with Gasteiger partial charge >= 0.3 is 29.6 Å². The molecule has 0 aliphatic heterocycles. The second kappa shape index (κ2) is 10.7. The van der Waals surface area contributed by atoms with Crippen LogP contribution in [0.1, 0.15) is 6.92 Å². The van der Waals surface area contributed by atoms with Crippen LogP contribution in [-0.2, 0) is 13.9 Å². The fourth-order valence-corrected chi connectivity index (χ4v) is 0.622. The predicted molar refractivity (Wildman–Crippen MR) is 48.1 cm³/mol. The van der Waals surface area contributed by atoms with Gasteiger partial charge in [0.25, 0.3) is 0 Å². The molecule has 0 fully saturated rings. The molecule has 0 saturated carbocycles. The summed E-state index contributed by atoms with van der Waals surface area (Å²) >= 11 is 0. The van der Waals surface area contributed by atoms with Crippen LogP contribution in [0.5, 0.6) is 0 Å². The molecule has 0 aliphatic carbocycles. The Labute approximate surface area is 89.5 Å². The van der Waals surface area contributed by atoms with Crippen molar-refractivity contribution < 1.29 is 13.9 Å². The first-order valence-electron chi connectivity index (χ1n) is 3.04. The van der Waals surface area contributed by atoms with Crippen molar-refractivity contribution in [3.63, 3.8) is 0 Å². The number of oxime groups is 1. The average molecular weight is 189 g/mol. The van der Waals surface area contributed by atoms with E-state index in [1.54, 1.807) is 0 Å². The maximum absolute atomic E-state index is 10.3. The van der Waals surface area contributed by atoms with Crippen LogP contribution in [0.2, 0.25) is 0 Å². The van der Waals surface area contributed by atoms with Crippen molar-refractivity contribution in [1.82, 2.24) is 0 Å². The Kier molecular flexibility index (Phi) is 13.8. The molecule has 0 radical (unpaired) electrons. The summed E-state index contributed by atoms with van der Waals surface area (Å²) in [5, 5.41) is 3.49. The van der Waals surface area contributed by atoms with E-state index in [2.05, 4.69) is 9.99 Å². The quantitative estimate of drug-likeness (QED) is 0.273. The van der Waals surface area contributed by atoms with Gasteiger partial charge in [0.15, 0.2) is 8.03 Å². The fraction of sp³-hybridized carbons (Fsp3) is 0.800. The predicted octanol–water partition coefficient (Wildman–Crippen LogP) is 0.481. The molecule has 1 unspecified atom stereocenters. The Morgan fingerprint density at radius 1 is 1.64 bits per heavy atom. The molecule has 0 aromatic heterocycles. The zero-order chi connectivity index (χ0) is 7.82. The molecule has 0 aliphatic rings. The van der Waals surface area contributed by atoms with Gasteiger partial charge in [-0.3, -0.25) is 4.57 Å². The molecule has 0 amide bonds. The van der Waals surface area contributed by atoms with Crippen LogP contribution >= 0.6 is 8.03 Å². The summed E-state index contributed by atoms with van der Waals surface area (Å²) in [5.74, 6) is 0. The van der Waals surface area contributed by atoms with Gasteiger partial charge in [-0.25, -0.2) is 0 Å². The Morgan fingerprint density at radius 2 is 2.27 bits per heavy atom. The molecular weight excluding hydrogens is 176 g/mol. The Morgan fingerprint density at radius 3 is 2.73 bits per heavy atom. The van der Waals surface area contributed by atoms with E-state index in [1.807, 2.05) is 6.92 Å². The van der Waals surface area contributed by atoms with Crippen molar-refractivity contribution in [2.75, 3.05) is 19.9 Å². The van der Waals surface area contributed by atoms with E-state index in [1.165, 1.54) is 12.9 Å². The molecule has 1 atom stereocenters. The summed E-state index contributed by atoms with van der Waals surface area (Å²) in [6.45, 7) is 4.16. The van der Waals surface area contributed by atoms with Crippen molar-refractivity contribution in [3.05, 3.63) is 0 Å². The third-order valence-corrected chi connectivity index (χ3v) is 1.21. The number of hydrogen-bond acceptors (Lipinski definition) is 4. The Balaban J connectivity index is 0. The van der Waals surface area contributed by atoms with Gasteiger partial charge in [-0.15, -0.1) is 0 Å². The molecule has 0 aromatic rings. The molecule has 11 heavy (non-hydrogen) atoms. The van der Waals surface area contributed by atoms with Gasteiger partial charge in [0.1, 0.15) is 6.61 Å². The molecule has 0 bridgehead atoms. The average Bonchev–Trinajstić information content (AvgIpc) is 1.87. The van der Waals surface area contributed by atoms with Crippen molar-refractivity contribution in [2.45, 2.75) is 6.92 Å². The van der Waals surface area contributed by atoms with E-state index in [0.717, 1.165) is 0 Å². The van der Waals surface area contributed by atoms with Gasteiger partial charge in [-0.05, 0) is 6.92 Å². The summed E-state index contributed by atoms with van der Waals surface area (Å²) in [6, 6.07) is 0. The zero-order valence-electron chi connectivity index (χ0n) is 6.16. The first-order chi connectivity index (χ1) is 4.77. The van der Waals surface area contributed by atoms with Crippen LogP contribution in [0.4, 0.5) is 0 Å². The Hall–Kier alpha value is 0.660. The number of nitrogens with zero attached hydrogens (tertiary/aromatic N) is 1. The van der Waals surface area contributed by atoms with E-state index in [0.29, 0.717) is 6.61 Å². The third-order valence-electron chi connectivity index (χ3n) is 0.639. The topological polar surface area (TPSA) is 47.9 Å². The van der Waals surface area contributed by atoms with Gasteiger partial charge in [-0.2, -0.15) is 0 Å². The van der Waals surface area contributed by atoms with E-state index < -0.39 is 8.03 Å². The first-order valence-corrected chi connectivity index (χ1v) is 4.86. The van der Waals surface area contributed by atoms with E-state index in [-0.39, 0.29) is 36.2 Å². The SMILES string of the molecule is CCON=CCO[PH](C)=O.[NaH]. The maximum atomic E-state index is 10.3. The Bertz CT molecular complexity index is 131. The molecule has 4 nitrogen and oxygen atoms in total. The molecule has 0 N–H and O–H groups in total. The standard InChI is InChI=1S/C5H12NO3P.Na.H/c1-3-8-6-4-5-9-10(2)7;;/h4,10H,3,5H2,1-2H3;;. The van der Waals surface area contributed by atoms with Gasteiger partial charge in [0.2, 0.25) is 0 Å². The summed E-state index contributed by atoms with van der Waals surface area (Å²) < 4.78 is 15.0. The summed E-state index contributed by atoms with van der Waals surface area (Å²) in [4.78, 5) is 4.61. The normalized spacial score (nSPS) is 12.5. The van der Waals surface area contributed by atoms with Gasteiger partial charge in [0.05, 0.1) is 12.8 Å². The van der Waals surface area contributed by atoms with Gasteiger partial charge in [0, 0.05) is 6.66 Å². The molecule has 0 saturated heterocycles. The van der Waals surface area contributed by atoms with Crippen LogP contribution in [0, 0.1) is 0 Å². The van der Waals surface area contributed by atoms with Crippen LogP contribution in [0.3, 0.4) is 0 Å². The second-order valence-electron chi connectivity index (χ2n) is 1.51. The summed E-state index contributed by atoms with van der Waals surface area (Å²) in [7, 11) is -1.82.